The largest absolute Gasteiger partial charge is 0.478 e. The number of nitrogens with one attached hydrogen (secondary N) is 1. The molecule has 2 aromatic carbocycles. The van der Waals surface area contributed by atoms with E-state index in [0.29, 0.717) is 10.7 Å². The first-order chi connectivity index (χ1) is 12.5. The molecule has 0 bridgehead atoms. The van der Waals surface area contributed by atoms with Crippen molar-refractivity contribution in [2.45, 2.75) is 13.8 Å². The van der Waals surface area contributed by atoms with Crippen LogP contribution < -0.4 is 5.43 Å². The predicted molar refractivity (Wildman–Crippen MR) is 105 cm³/mol. The smallest absolute Gasteiger partial charge is 0.337 e. The molecule has 1 heterocycles. The second-order valence-electron chi connectivity index (χ2n) is 5.83. The number of hydrogen-bond acceptors (Lipinski definition) is 3. The van der Waals surface area contributed by atoms with Crippen LogP contribution in [0.5, 0.6) is 0 Å². The molecular formula is C20H18ClN3O2. The van der Waals surface area contributed by atoms with E-state index in [0.717, 1.165) is 22.6 Å². The average molecular weight is 368 g/mol. The van der Waals surface area contributed by atoms with Gasteiger partial charge in [-0.3, -0.25) is 5.43 Å². The number of aryl methyl sites for hydroxylation is 1. The number of rotatable bonds is 5. The normalized spacial score (nSPS) is 11.0. The van der Waals surface area contributed by atoms with E-state index < -0.39 is 5.97 Å². The molecule has 132 valence electrons. The van der Waals surface area contributed by atoms with Gasteiger partial charge >= 0.3 is 5.97 Å². The maximum absolute atomic E-state index is 11.2. The zero-order valence-electron chi connectivity index (χ0n) is 14.4. The fraction of sp³-hybridized carbons (Fsp3) is 0.100. The first-order valence-corrected chi connectivity index (χ1v) is 8.42. The van der Waals surface area contributed by atoms with Gasteiger partial charge in [-0.15, -0.1) is 0 Å². The number of carboxylic acid groups (broad SMARTS) is 1. The Labute approximate surface area is 156 Å². The first-order valence-electron chi connectivity index (χ1n) is 8.04. The number of carboxylic acids is 1. The third-order valence-electron chi connectivity index (χ3n) is 4.11. The fourth-order valence-corrected chi connectivity index (χ4v) is 3.08. The van der Waals surface area contributed by atoms with Crippen LogP contribution in [0.25, 0.3) is 5.69 Å². The minimum atomic E-state index is -1.000. The molecule has 2 N–H and O–H groups in total. The molecule has 0 unspecified atom stereocenters. The summed E-state index contributed by atoms with van der Waals surface area (Å²) in [5.41, 5.74) is 7.27. The lowest BCUT2D eigenvalue weighted by Crippen LogP contribution is -2.02. The van der Waals surface area contributed by atoms with Crippen molar-refractivity contribution >= 4 is 29.5 Å². The molecule has 3 aromatic rings. The van der Waals surface area contributed by atoms with Gasteiger partial charge in [-0.2, -0.15) is 5.10 Å². The molecule has 5 nitrogen and oxygen atoms in total. The lowest BCUT2D eigenvalue weighted by Gasteiger charge is -2.11. The van der Waals surface area contributed by atoms with Crippen molar-refractivity contribution < 1.29 is 9.90 Å². The van der Waals surface area contributed by atoms with E-state index in [1.165, 1.54) is 6.07 Å². The standard InChI is InChI=1S/C20H18ClN3O2/c1-13-11-15(14(2)24(13)19-10-6-4-8-17(19)21)12-22-23-18-9-5-3-7-16(18)20(25)26/h3-12,23H,1-2H3,(H,25,26)/b22-12-. The van der Waals surface area contributed by atoms with Crippen molar-refractivity contribution in [1.82, 2.24) is 4.57 Å². The molecule has 1 aromatic heterocycles. The Balaban J connectivity index is 1.88. The summed E-state index contributed by atoms with van der Waals surface area (Å²) in [5.74, 6) is -1.000. The topological polar surface area (TPSA) is 66.6 Å². The van der Waals surface area contributed by atoms with Crippen molar-refractivity contribution in [3.63, 3.8) is 0 Å². The zero-order chi connectivity index (χ0) is 18.7. The Morgan fingerprint density at radius 1 is 1.15 bits per heavy atom. The van der Waals surface area contributed by atoms with Gasteiger partial charge in [0, 0.05) is 17.0 Å². The Kier molecular flexibility index (Phi) is 5.09. The maximum Gasteiger partial charge on any atom is 0.337 e. The van der Waals surface area contributed by atoms with Gasteiger partial charge in [0.2, 0.25) is 0 Å². The lowest BCUT2D eigenvalue weighted by atomic mass is 10.2. The second kappa shape index (κ2) is 7.45. The van der Waals surface area contributed by atoms with Crippen molar-refractivity contribution in [3.05, 3.63) is 82.1 Å². The van der Waals surface area contributed by atoms with Gasteiger partial charge in [0.05, 0.1) is 28.2 Å². The molecule has 0 fully saturated rings. The van der Waals surface area contributed by atoms with E-state index in [-0.39, 0.29) is 5.56 Å². The summed E-state index contributed by atoms with van der Waals surface area (Å²) in [7, 11) is 0. The van der Waals surface area contributed by atoms with E-state index in [4.69, 9.17) is 11.6 Å². The van der Waals surface area contributed by atoms with Gasteiger partial charge in [0.15, 0.2) is 0 Å². The number of aromatic nitrogens is 1. The predicted octanol–water partition coefficient (Wildman–Crippen LogP) is 4.89. The number of hydrazone groups is 1. The van der Waals surface area contributed by atoms with Crippen LogP contribution in [-0.4, -0.2) is 21.9 Å². The van der Waals surface area contributed by atoms with E-state index >= 15 is 0 Å². The number of halogens is 1. The molecule has 0 aliphatic rings. The van der Waals surface area contributed by atoms with Crippen LogP contribution in [0.2, 0.25) is 5.02 Å². The highest BCUT2D eigenvalue weighted by Gasteiger charge is 2.12. The van der Waals surface area contributed by atoms with Crippen LogP contribution in [0.4, 0.5) is 5.69 Å². The summed E-state index contributed by atoms with van der Waals surface area (Å²) in [6.07, 6.45) is 1.67. The monoisotopic (exact) mass is 367 g/mol. The number of nitrogens with zero attached hydrogens (tertiary/aromatic N) is 2. The van der Waals surface area contributed by atoms with E-state index in [9.17, 15) is 9.90 Å². The number of benzene rings is 2. The summed E-state index contributed by atoms with van der Waals surface area (Å²) in [6.45, 7) is 3.99. The summed E-state index contributed by atoms with van der Waals surface area (Å²) in [5, 5.41) is 14.1. The van der Waals surface area contributed by atoms with Gasteiger partial charge in [0.25, 0.3) is 0 Å². The Morgan fingerprint density at radius 3 is 2.58 bits per heavy atom. The van der Waals surface area contributed by atoms with Crippen molar-refractivity contribution in [2.75, 3.05) is 5.43 Å². The van der Waals surface area contributed by atoms with Crippen LogP contribution in [0.3, 0.4) is 0 Å². The van der Waals surface area contributed by atoms with Gasteiger partial charge in [0.1, 0.15) is 0 Å². The van der Waals surface area contributed by atoms with E-state index in [1.807, 2.05) is 44.2 Å². The molecular weight excluding hydrogens is 350 g/mol. The van der Waals surface area contributed by atoms with Crippen LogP contribution >= 0.6 is 11.6 Å². The lowest BCUT2D eigenvalue weighted by molar-refractivity contribution is 0.0698. The Bertz CT molecular complexity index is 992. The maximum atomic E-state index is 11.2. The number of hydrogen-bond donors (Lipinski definition) is 2. The minimum absolute atomic E-state index is 0.172. The summed E-state index contributed by atoms with van der Waals surface area (Å²) in [6, 6.07) is 16.3. The Hall–Kier alpha value is -3.05. The zero-order valence-corrected chi connectivity index (χ0v) is 15.2. The molecule has 3 rings (SSSR count). The number of aromatic carboxylic acids is 1. The van der Waals surface area contributed by atoms with Crippen molar-refractivity contribution in [2.24, 2.45) is 5.10 Å². The average Bonchev–Trinajstić information content (AvgIpc) is 2.90. The fourth-order valence-electron chi connectivity index (χ4n) is 2.86. The van der Waals surface area contributed by atoms with Gasteiger partial charge in [-0.25, -0.2) is 4.79 Å². The van der Waals surface area contributed by atoms with Crippen LogP contribution in [0.1, 0.15) is 27.3 Å². The molecule has 0 radical (unpaired) electrons. The highest BCUT2D eigenvalue weighted by atomic mass is 35.5. The number of carbonyl (C=O) groups is 1. The van der Waals surface area contributed by atoms with Crippen LogP contribution in [0, 0.1) is 13.8 Å². The molecule has 0 aliphatic carbocycles. The third-order valence-corrected chi connectivity index (χ3v) is 4.43. The highest BCUT2D eigenvalue weighted by Crippen LogP contribution is 2.25. The molecule has 6 heteroatoms. The van der Waals surface area contributed by atoms with Gasteiger partial charge in [-0.05, 0) is 44.2 Å². The van der Waals surface area contributed by atoms with Gasteiger partial charge in [-0.1, -0.05) is 35.9 Å². The molecule has 0 saturated heterocycles. The van der Waals surface area contributed by atoms with Crippen LogP contribution in [0.15, 0.2) is 59.7 Å². The Morgan fingerprint density at radius 2 is 1.85 bits per heavy atom. The molecule has 26 heavy (non-hydrogen) atoms. The summed E-state index contributed by atoms with van der Waals surface area (Å²) in [4.78, 5) is 11.2. The highest BCUT2D eigenvalue weighted by molar-refractivity contribution is 6.32. The van der Waals surface area contributed by atoms with Crippen molar-refractivity contribution in [1.29, 1.82) is 0 Å². The molecule has 0 atom stereocenters. The molecule has 0 saturated carbocycles. The second-order valence-corrected chi connectivity index (χ2v) is 6.24. The van der Waals surface area contributed by atoms with Crippen molar-refractivity contribution in [3.8, 4) is 5.69 Å². The number of anilines is 1. The SMILES string of the molecule is Cc1cc(/C=N\Nc2ccccc2C(=O)O)c(C)n1-c1ccccc1Cl. The van der Waals surface area contributed by atoms with Crippen LogP contribution in [-0.2, 0) is 0 Å². The summed E-state index contributed by atoms with van der Waals surface area (Å²) < 4.78 is 2.06. The van der Waals surface area contributed by atoms with Gasteiger partial charge < -0.3 is 9.67 Å². The van der Waals surface area contributed by atoms with E-state index in [2.05, 4.69) is 15.1 Å². The minimum Gasteiger partial charge on any atom is -0.478 e. The molecule has 0 aliphatic heterocycles. The quantitative estimate of drug-likeness (QED) is 0.498. The van der Waals surface area contributed by atoms with E-state index in [1.54, 1.807) is 24.4 Å². The molecule has 0 spiro atoms. The third kappa shape index (κ3) is 3.48. The molecule has 0 amide bonds. The summed E-state index contributed by atoms with van der Waals surface area (Å²) >= 11 is 6.32. The first kappa shape index (κ1) is 17.8. The number of para-hydroxylation sites is 2.